The zero-order chi connectivity index (χ0) is 15.2. The first-order valence-electron chi connectivity index (χ1n) is 6.48. The third-order valence-corrected chi connectivity index (χ3v) is 2.94. The molecule has 0 aliphatic rings. The minimum atomic E-state index is -0.426. The van der Waals surface area contributed by atoms with Gasteiger partial charge in [-0.3, -0.25) is 15.1 Å². The molecule has 6 heteroatoms. The molecule has 2 rings (SSSR count). The van der Waals surface area contributed by atoms with Crippen LogP contribution in [0.25, 0.3) is 0 Å². The molecule has 2 aromatic rings. The highest BCUT2D eigenvalue weighted by Crippen LogP contribution is 2.09. The summed E-state index contributed by atoms with van der Waals surface area (Å²) >= 11 is 0. The number of pyridine rings is 1. The van der Waals surface area contributed by atoms with E-state index in [1.54, 1.807) is 18.2 Å². The van der Waals surface area contributed by atoms with Crippen molar-refractivity contribution in [1.82, 2.24) is 15.3 Å². The topological polar surface area (TPSA) is 71.2 Å². The van der Waals surface area contributed by atoms with Gasteiger partial charge in [-0.1, -0.05) is 18.2 Å². The van der Waals surface area contributed by atoms with Gasteiger partial charge in [0.2, 0.25) is 0 Å². The Bertz CT molecular complexity index is 633. The molecule has 0 bridgehead atoms. The van der Waals surface area contributed by atoms with E-state index < -0.39 is 5.91 Å². The predicted octanol–water partition coefficient (Wildman–Crippen LogP) is 1.46. The lowest BCUT2D eigenvalue weighted by Crippen LogP contribution is -2.31. The molecule has 0 saturated heterocycles. The number of amides is 1. The van der Waals surface area contributed by atoms with Crippen LogP contribution < -0.4 is 11.3 Å². The number of hydrazine groups is 1. The molecule has 0 radical (unpaired) electrons. The molecule has 0 unspecified atom stereocenters. The molecule has 0 aliphatic carbocycles. The smallest absolute Gasteiger partial charge is 0.283 e. The molecular weight excluding hydrogens is 271 g/mol. The Morgan fingerprint density at radius 3 is 2.76 bits per heavy atom. The van der Waals surface area contributed by atoms with E-state index in [0.29, 0.717) is 13.1 Å². The second-order valence-corrected chi connectivity index (χ2v) is 4.79. The fourth-order valence-electron chi connectivity index (χ4n) is 2.05. The van der Waals surface area contributed by atoms with E-state index in [2.05, 4.69) is 10.4 Å². The van der Waals surface area contributed by atoms with Crippen molar-refractivity contribution in [3.8, 4) is 0 Å². The average molecular weight is 288 g/mol. The lowest BCUT2D eigenvalue weighted by molar-refractivity contribution is 0.0948. The van der Waals surface area contributed by atoms with Crippen LogP contribution in [0.4, 0.5) is 4.39 Å². The van der Waals surface area contributed by atoms with Crippen molar-refractivity contribution < 1.29 is 9.18 Å². The number of rotatable bonds is 5. The Balaban J connectivity index is 2.02. The lowest BCUT2D eigenvalue weighted by Gasteiger charge is -2.16. The van der Waals surface area contributed by atoms with E-state index >= 15 is 0 Å². The van der Waals surface area contributed by atoms with E-state index in [-0.39, 0.29) is 11.5 Å². The molecule has 0 spiro atoms. The van der Waals surface area contributed by atoms with Crippen LogP contribution in [0.5, 0.6) is 0 Å². The van der Waals surface area contributed by atoms with Crippen molar-refractivity contribution in [2.45, 2.75) is 13.1 Å². The van der Waals surface area contributed by atoms with Gasteiger partial charge in [0, 0.05) is 13.1 Å². The van der Waals surface area contributed by atoms with Crippen LogP contribution >= 0.6 is 0 Å². The standard InChI is InChI=1S/C15H17FN4O/c1-20(9-11-4-2-5-12(16)8-11)10-13-6-3-7-14(18-13)15(21)19-17/h2-8H,9-10,17H2,1H3,(H,19,21). The monoisotopic (exact) mass is 288 g/mol. The summed E-state index contributed by atoms with van der Waals surface area (Å²) in [5, 5.41) is 0. The van der Waals surface area contributed by atoms with Gasteiger partial charge >= 0.3 is 0 Å². The number of halogens is 1. The zero-order valence-corrected chi connectivity index (χ0v) is 11.7. The number of hydrogen-bond donors (Lipinski definition) is 2. The average Bonchev–Trinajstić information content (AvgIpc) is 2.46. The zero-order valence-electron chi connectivity index (χ0n) is 11.7. The van der Waals surface area contributed by atoms with E-state index in [1.165, 1.54) is 12.1 Å². The first kappa shape index (κ1) is 15.1. The molecule has 5 nitrogen and oxygen atoms in total. The summed E-state index contributed by atoms with van der Waals surface area (Å²) in [5.41, 5.74) is 3.95. The fraction of sp³-hybridized carbons (Fsp3) is 0.200. The highest BCUT2D eigenvalue weighted by atomic mass is 19.1. The largest absolute Gasteiger partial charge is 0.296 e. The number of aromatic nitrogens is 1. The Labute approximate surface area is 122 Å². The maximum Gasteiger partial charge on any atom is 0.283 e. The van der Waals surface area contributed by atoms with Crippen LogP contribution in [0.15, 0.2) is 42.5 Å². The summed E-state index contributed by atoms with van der Waals surface area (Å²) in [4.78, 5) is 17.6. The van der Waals surface area contributed by atoms with Gasteiger partial charge in [0.25, 0.3) is 5.91 Å². The van der Waals surface area contributed by atoms with Crippen LogP contribution in [0.1, 0.15) is 21.7 Å². The lowest BCUT2D eigenvalue weighted by atomic mass is 10.2. The Morgan fingerprint density at radius 1 is 1.29 bits per heavy atom. The highest BCUT2D eigenvalue weighted by Gasteiger charge is 2.08. The maximum absolute atomic E-state index is 13.1. The van der Waals surface area contributed by atoms with Crippen LogP contribution in [0.3, 0.4) is 0 Å². The SMILES string of the molecule is CN(Cc1cccc(F)c1)Cc1cccc(C(=O)NN)n1. The molecule has 1 aromatic heterocycles. The van der Waals surface area contributed by atoms with Crippen molar-refractivity contribution in [3.05, 3.63) is 65.2 Å². The number of carbonyl (C=O) groups excluding carboxylic acids is 1. The van der Waals surface area contributed by atoms with Gasteiger partial charge in [-0.25, -0.2) is 15.2 Å². The molecule has 0 fully saturated rings. The van der Waals surface area contributed by atoms with Gasteiger partial charge in [-0.2, -0.15) is 0 Å². The number of nitrogen functional groups attached to an aromatic ring is 1. The van der Waals surface area contributed by atoms with Crippen molar-refractivity contribution in [3.63, 3.8) is 0 Å². The minimum absolute atomic E-state index is 0.249. The van der Waals surface area contributed by atoms with Crippen LogP contribution in [0, 0.1) is 5.82 Å². The molecule has 1 aromatic carbocycles. The maximum atomic E-state index is 13.1. The van der Waals surface area contributed by atoms with Gasteiger partial charge in [0.15, 0.2) is 0 Å². The fourth-order valence-corrected chi connectivity index (χ4v) is 2.05. The summed E-state index contributed by atoms with van der Waals surface area (Å²) in [6.45, 7) is 1.13. The molecule has 0 atom stereocenters. The number of nitrogens with two attached hydrogens (primary N) is 1. The van der Waals surface area contributed by atoms with Crippen LogP contribution in [-0.4, -0.2) is 22.8 Å². The highest BCUT2D eigenvalue weighted by molar-refractivity contribution is 5.91. The molecule has 3 N–H and O–H groups in total. The molecule has 0 aliphatic heterocycles. The first-order valence-corrected chi connectivity index (χ1v) is 6.48. The van der Waals surface area contributed by atoms with Gasteiger partial charge in [-0.05, 0) is 36.9 Å². The van der Waals surface area contributed by atoms with Crippen molar-refractivity contribution >= 4 is 5.91 Å². The van der Waals surface area contributed by atoms with Gasteiger partial charge in [0.05, 0.1) is 5.69 Å². The third kappa shape index (κ3) is 4.34. The quantitative estimate of drug-likeness (QED) is 0.496. The second-order valence-electron chi connectivity index (χ2n) is 4.79. The summed E-state index contributed by atoms with van der Waals surface area (Å²) in [6, 6.07) is 11.6. The number of hydrogen-bond acceptors (Lipinski definition) is 4. The number of carbonyl (C=O) groups is 1. The Hall–Kier alpha value is -2.31. The molecule has 110 valence electrons. The summed E-state index contributed by atoms with van der Waals surface area (Å²) in [6.07, 6.45) is 0. The minimum Gasteiger partial charge on any atom is -0.296 e. The van der Waals surface area contributed by atoms with E-state index in [0.717, 1.165) is 11.3 Å². The Kier molecular flexibility index (Phi) is 4.97. The van der Waals surface area contributed by atoms with Gasteiger partial charge in [0.1, 0.15) is 11.5 Å². The summed E-state index contributed by atoms with van der Waals surface area (Å²) in [5.74, 6) is 4.41. The van der Waals surface area contributed by atoms with Crippen LogP contribution in [0.2, 0.25) is 0 Å². The summed E-state index contributed by atoms with van der Waals surface area (Å²) in [7, 11) is 1.91. The number of nitrogens with zero attached hydrogens (tertiary/aromatic N) is 2. The third-order valence-electron chi connectivity index (χ3n) is 2.94. The second kappa shape index (κ2) is 6.92. The van der Waals surface area contributed by atoms with Crippen LogP contribution in [-0.2, 0) is 13.1 Å². The molecule has 1 heterocycles. The van der Waals surface area contributed by atoms with Crippen molar-refractivity contribution in [2.24, 2.45) is 5.84 Å². The predicted molar refractivity (Wildman–Crippen MR) is 77.5 cm³/mol. The summed E-state index contributed by atoms with van der Waals surface area (Å²) < 4.78 is 13.1. The number of benzene rings is 1. The normalized spacial score (nSPS) is 10.7. The van der Waals surface area contributed by atoms with E-state index in [9.17, 15) is 9.18 Å². The molecule has 0 saturated carbocycles. The Morgan fingerprint density at radius 2 is 2.05 bits per heavy atom. The van der Waals surface area contributed by atoms with E-state index in [1.807, 2.05) is 24.1 Å². The first-order chi connectivity index (χ1) is 10.1. The molecule has 21 heavy (non-hydrogen) atoms. The van der Waals surface area contributed by atoms with Gasteiger partial charge < -0.3 is 0 Å². The van der Waals surface area contributed by atoms with Crippen molar-refractivity contribution in [2.75, 3.05) is 7.05 Å². The van der Waals surface area contributed by atoms with E-state index in [4.69, 9.17) is 5.84 Å². The van der Waals surface area contributed by atoms with Crippen molar-refractivity contribution in [1.29, 1.82) is 0 Å². The molecular formula is C15H17FN4O. The van der Waals surface area contributed by atoms with Gasteiger partial charge in [-0.15, -0.1) is 0 Å². The molecule has 1 amide bonds. The number of nitrogens with one attached hydrogen (secondary N) is 1.